The van der Waals surface area contributed by atoms with Crippen molar-refractivity contribution in [1.82, 2.24) is 15.3 Å². The molecular formula is C11H9ClN4O3S. The molecule has 2 rings (SSSR count). The average Bonchev–Trinajstić information content (AvgIpc) is 2.81. The molecule has 0 aliphatic rings. The molecule has 7 nitrogen and oxygen atoms in total. The van der Waals surface area contributed by atoms with Crippen molar-refractivity contribution in [2.24, 2.45) is 0 Å². The van der Waals surface area contributed by atoms with E-state index in [1.807, 2.05) is 12.3 Å². The second-order valence-corrected chi connectivity index (χ2v) is 5.18. The number of carbonyl (C=O) groups excluding carboxylic acids is 1. The zero-order chi connectivity index (χ0) is 14.7. The molecule has 0 fully saturated rings. The molecule has 0 saturated heterocycles. The Hall–Kier alpha value is -2.06. The maximum Gasteiger partial charge on any atom is 0.300 e. The first-order valence-electron chi connectivity index (χ1n) is 5.46. The molecule has 2 aromatic rings. The Bertz CT molecular complexity index is 673. The zero-order valence-electron chi connectivity index (χ0n) is 10.3. The molecule has 0 aliphatic carbocycles. The van der Waals surface area contributed by atoms with Gasteiger partial charge in [0, 0.05) is 11.1 Å². The van der Waals surface area contributed by atoms with Crippen LogP contribution in [0.5, 0.6) is 0 Å². The van der Waals surface area contributed by atoms with E-state index in [1.165, 1.54) is 17.4 Å². The van der Waals surface area contributed by atoms with Gasteiger partial charge in [-0.2, -0.15) is 0 Å². The Morgan fingerprint density at radius 1 is 1.60 bits per heavy atom. The standard InChI is InChI=1S/C11H9ClN4O3S/c1-6-5-20-10(15-6)4-14-11(17)7-2-9(12)13-3-8(7)16(18)19/h2-3,5H,4H2,1H3,(H,14,17). The number of pyridine rings is 1. The molecule has 20 heavy (non-hydrogen) atoms. The number of hydrogen-bond donors (Lipinski definition) is 1. The van der Waals surface area contributed by atoms with Gasteiger partial charge in [0.2, 0.25) is 0 Å². The monoisotopic (exact) mass is 312 g/mol. The SMILES string of the molecule is Cc1csc(CNC(=O)c2cc(Cl)ncc2[N+](=O)[O-])n1. The minimum atomic E-state index is -0.675. The van der Waals surface area contributed by atoms with Crippen molar-refractivity contribution in [2.45, 2.75) is 13.5 Å². The van der Waals surface area contributed by atoms with Crippen LogP contribution in [0.3, 0.4) is 0 Å². The van der Waals surface area contributed by atoms with Crippen LogP contribution in [0.4, 0.5) is 5.69 Å². The van der Waals surface area contributed by atoms with Crippen LogP contribution in [0.15, 0.2) is 17.6 Å². The van der Waals surface area contributed by atoms with E-state index in [-0.39, 0.29) is 22.9 Å². The van der Waals surface area contributed by atoms with E-state index in [0.29, 0.717) is 0 Å². The highest BCUT2D eigenvalue weighted by atomic mass is 35.5. The number of rotatable bonds is 4. The lowest BCUT2D eigenvalue weighted by Gasteiger charge is -2.04. The molecule has 0 bridgehead atoms. The van der Waals surface area contributed by atoms with Crippen LogP contribution in [-0.2, 0) is 6.54 Å². The highest BCUT2D eigenvalue weighted by molar-refractivity contribution is 7.09. The third-order valence-electron chi connectivity index (χ3n) is 2.36. The first kappa shape index (κ1) is 14.4. The molecule has 0 saturated carbocycles. The number of amides is 1. The van der Waals surface area contributed by atoms with Crippen LogP contribution < -0.4 is 5.32 Å². The van der Waals surface area contributed by atoms with Gasteiger partial charge < -0.3 is 5.32 Å². The summed E-state index contributed by atoms with van der Waals surface area (Å²) >= 11 is 7.06. The van der Waals surface area contributed by atoms with Gasteiger partial charge in [-0.05, 0) is 13.0 Å². The first-order chi connectivity index (χ1) is 9.47. The summed E-state index contributed by atoms with van der Waals surface area (Å²) < 4.78 is 0. The summed E-state index contributed by atoms with van der Waals surface area (Å²) in [4.78, 5) is 29.9. The van der Waals surface area contributed by atoms with Crippen molar-refractivity contribution in [3.8, 4) is 0 Å². The summed E-state index contributed by atoms with van der Waals surface area (Å²) in [5.41, 5.74) is 0.350. The number of aromatic nitrogens is 2. The molecule has 0 aromatic carbocycles. The van der Waals surface area contributed by atoms with Crippen LogP contribution in [0.25, 0.3) is 0 Å². The maximum atomic E-state index is 12.0. The second kappa shape index (κ2) is 5.93. The van der Waals surface area contributed by atoms with E-state index in [4.69, 9.17) is 11.6 Å². The predicted octanol–water partition coefficient (Wildman–Crippen LogP) is 2.34. The zero-order valence-corrected chi connectivity index (χ0v) is 11.9. The van der Waals surface area contributed by atoms with Gasteiger partial charge in [0.25, 0.3) is 11.6 Å². The minimum Gasteiger partial charge on any atom is -0.345 e. The highest BCUT2D eigenvalue weighted by Crippen LogP contribution is 2.20. The third kappa shape index (κ3) is 3.28. The minimum absolute atomic E-state index is 0.0193. The van der Waals surface area contributed by atoms with Crippen molar-refractivity contribution in [1.29, 1.82) is 0 Å². The fourth-order valence-corrected chi connectivity index (χ4v) is 2.35. The van der Waals surface area contributed by atoms with Gasteiger partial charge in [0.15, 0.2) is 0 Å². The lowest BCUT2D eigenvalue weighted by molar-refractivity contribution is -0.385. The summed E-state index contributed by atoms with van der Waals surface area (Å²) in [5.74, 6) is -0.589. The Labute approximate surface area is 122 Å². The first-order valence-corrected chi connectivity index (χ1v) is 6.72. The van der Waals surface area contributed by atoms with Crippen LogP contribution in [0.1, 0.15) is 21.1 Å². The fourth-order valence-electron chi connectivity index (χ4n) is 1.49. The number of halogens is 1. The van der Waals surface area contributed by atoms with E-state index >= 15 is 0 Å². The predicted molar refractivity (Wildman–Crippen MR) is 73.9 cm³/mol. The van der Waals surface area contributed by atoms with Crippen molar-refractivity contribution >= 4 is 34.5 Å². The number of carbonyl (C=O) groups is 1. The molecule has 2 heterocycles. The van der Waals surface area contributed by atoms with E-state index in [0.717, 1.165) is 16.9 Å². The maximum absolute atomic E-state index is 12.0. The van der Waals surface area contributed by atoms with Gasteiger partial charge >= 0.3 is 0 Å². The molecule has 104 valence electrons. The molecule has 2 aromatic heterocycles. The van der Waals surface area contributed by atoms with Crippen molar-refractivity contribution < 1.29 is 9.72 Å². The van der Waals surface area contributed by atoms with Crippen molar-refractivity contribution in [2.75, 3.05) is 0 Å². The average molecular weight is 313 g/mol. The number of nitrogens with zero attached hydrogens (tertiary/aromatic N) is 3. The third-order valence-corrected chi connectivity index (χ3v) is 3.53. The number of aryl methyl sites for hydroxylation is 1. The van der Waals surface area contributed by atoms with Gasteiger partial charge in [-0.25, -0.2) is 9.97 Å². The highest BCUT2D eigenvalue weighted by Gasteiger charge is 2.21. The smallest absolute Gasteiger partial charge is 0.300 e. The molecule has 0 radical (unpaired) electrons. The van der Waals surface area contributed by atoms with Gasteiger partial charge in [0.1, 0.15) is 21.9 Å². The molecule has 1 amide bonds. The molecule has 1 N–H and O–H groups in total. The lowest BCUT2D eigenvalue weighted by Crippen LogP contribution is -2.23. The molecule has 0 spiro atoms. The van der Waals surface area contributed by atoms with Crippen LogP contribution in [0.2, 0.25) is 5.15 Å². The van der Waals surface area contributed by atoms with Crippen molar-refractivity contribution in [3.05, 3.63) is 49.2 Å². The van der Waals surface area contributed by atoms with E-state index in [2.05, 4.69) is 15.3 Å². The number of nitrogens with one attached hydrogen (secondary N) is 1. The lowest BCUT2D eigenvalue weighted by atomic mass is 10.2. The molecule has 0 aliphatic heterocycles. The normalized spacial score (nSPS) is 10.3. The quantitative estimate of drug-likeness (QED) is 0.531. The Morgan fingerprint density at radius 3 is 2.95 bits per heavy atom. The topological polar surface area (TPSA) is 98.0 Å². The van der Waals surface area contributed by atoms with Gasteiger partial charge in [-0.15, -0.1) is 11.3 Å². The van der Waals surface area contributed by atoms with Crippen molar-refractivity contribution in [3.63, 3.8) is 0 Å². The molecule has 9 heteroatoms. The molecular weight excluding hydrogens is 304 g/mol. The largest absolute Gasteiger partial charge is 0.345 e. The number of thiazole rings is 1. The molecule has 0 unspecified atom stereocenters. The number of hydrogen-bond acceptors (Lipinski definition) is 6. The van der Waals surface area contributed by atoms with Gasteiger partial charge in [0.05, 0.1) is 11.5 Å². The Kier molecular flexibility index (Phi) is 4.26. The Morgan fingerprint density at radius 2 is 2.35 bits per heavy atom. The second-order valence-electron chi connectivity index (χ2n) is 3.85. The fraction of sp³-hybridized carbons (Fsp3) is 0.182. The summed E-state index contributed by atoms with van der Waals surface area (Å²) in [5, 5.41) is 16.0. The van der Waals surface area contributed by atoms with Crippen LogP contribution in [-0.4, -0.2) is 20.8 Å². The molecule has 0 atom stereocenters. The summed E-state index contributed by atoms with van der Waals surface area (Å²) in [6, 6.07) is 1.17. The van der Waals surface area contributed by atoms with E-state index < -0.39 is 10.8 Å². The van der Waals surface area contributed by atoms with Gasteiger partial charge in [-0.1, -0.05) is 11.6 Å². The summed E-state index contributed by atoms with van der Waals surface area (Å²) in [7, 11) is 0. The van der Waals surface area contributed by atoms with Gasteiger partial charge in [-0.3, -0.25) is 14.9 Å². The van der Waals surface area contributed by atoms with E-state index in [9.17, 15) is 14.9 Å². The van der Waals surface area contributed by atoms with Crippen LogP contribution in [0, 0.1) is 17.0 Å². The Balaban J connectivity index is 2.16. The summed E-state index contributed by atoms with van der Waals surface area (Å²) in [6.45, 7) is 2.05. The van der Waals surface area contributed by atoms with Crippen LogP contribution >= 0.6 is 22.9 Å². The number of nitro groups is 1. The van der Waals surface area contributed by atoms with E-state index in [1.54, 1.807) is 0 Å². The summed E-state index contributed by atoms with van der Waals surface area (Å²) in [6.07, 6.45) is 0.963.